The summed E-state index contributed by atoms with van der Waals surface area (Å²) in [5, 5.41) is 3.55. The summed E-state index contributed by atoms with van der Waals surface area (Å²) in [4.78, 5) is 30.5. The molecule has 31 heavy (non-hydrogen) atoms. The predicted molar refractivity (Wildman–Crippen MR) is 121 cm³/mol. The van der Waals surface area contributed by atoms with Gasteiger partial charge >= 0.3 is 5.97 Å². The van der Waals surface area contributed by atoms with Crippen LogP contribution in [0.3, 0.4) is 0 Å². The molecular formula is C26H22N2O3. The van der Waals surface area contributed by atoms with Crippen molar-refractivity contribution in [2.24, 2.45) is 0 Å². The van der Waals surface area contributed by atoms with Crippen molar-refractivity contribution in [3.8, 4) is 11.3 Å². The Morgan fingerprint density at radius 3 is 2.29 bits per heavy atom. The first-order valence-electron chi connectivity index (χ1n) is 9.97. The Morgan fingerprint density at radius 2 is 1.58 bits per heavy atom. The number of rotatable bonds is 5. The molecule has 5 nitrogen and oxygen atoms in total. The maximum absolute atomic E-state index is 13.4. The highest BCUT2D eigenvalue weighted by molar-refractivity contribution is 6.08. The third-order valence-corrected chi connectivity index (χ3v) is 5.15. The number of amides is 1. The summed E-state index contributed by atoms with van der Waals surface area (Å²) in [6.07, 6.45) is 0. The third-order valence-electron chi connectivity index (χ3n) is 5.15. The number of pyridine rings is 1. The molecule has 0 radical (unpaired) electrons. The highest BCUT2D eigenvalue weighted by Gasteiger charge is 2.25. The standard InChI is InChI=1S/C26H22N2O3/c1-17-12-14-18(15-13-17)23-16-21(20-10-6-7-11-22(20)27-23)25(29)28-24(26(30)31-2)19-8-4-3-5-9-19/h3-16,24H,1-2H3,(H,28,29)/t24-/m1/s1. The number of hydrogen-bond acceptors (Lipinski definition) is 4. The summed E-state index contributed by atoms with van der Waals surface area (Å²) < 4.78 is 4.93. The highest BCUT2D eigenvalue weighted by atomic mass is 16.5. The lowest BCUT2D eigenvalue weighted by Gasteiger charge is -2.18. The molecule has 1 amide bonds. The first-order valence-corrected chi connectivity index (χ1v) is 9.97. The molecule has 1 heterocycles. The van der Waals surface area contributed by atoms with Crippen LogP contribution < -0.4 is 5.32 Å². The minimum absolute atomic E-state index is 0.369. The van der Waals surface area contributed by atoms with Crippen molar-refractivity contribution in [2.75, 3.05) is 7.11 Å². The van der Waals surface area contributed by atoms with Gasteiger partial charge in [0.25, 0.3) is 5.91 Å². The lowest BCUT2D eigenvalue weighted by molar-refractivity contribution is -0.143. The molecular weight excluding hydrogens is 388 g/mol. The Hall–Kier alpha value is -3.99. The van der Waals surface area contributed by atoms with Gasteiger partial charge in [-0.2, -0.15) is 0 Å². The van der Waals surface area contributed by atoms with Crippen molar-refractivity contribution in [3.05, 3.63) is 102 Å². The average Bonchev–Trinajstić information content (AvgIpc) is 2.82. The van der Waals surface area contributed by atoms with Crippen molar-refractivity contribution in [3.63, 3.8) is 0 Å². The van der Waals surface area contributed by atoms with E-state index in [4.69, 9.17) is 9.72 Å². The van der Waals surface area contributed by atoms with Crippen LogP contribution in [0.2, 0.25) is 0 Å². The molecule has 4 aromatic rings. The highest BCUT2D eigenvalue weighted by Crippen LogP contribution is 2.26. The quantitative estimate of drug-likeness (QED) is 0.478. The number of benzene rings is 3. The molecule has 4 rings (SSSR count). The lowest BCUT2D eigenvalue weighted by Crippen LogP contribution is -2.34. The summed E-state index contributed by atoms with van der Waals surface area (Å²) in [6, 6.07) is 25.4. The molecule has 0 saturated heterocycles. The number of carbonyl (C=O) groups excluding carboxylic acids is 2. The Morgan fingerprint density at radius 1 is 0.903 bits per heavy atom. The van der Waals surface area contributed by atoms with E-state index in [1.54, 1.807) is 18.2 Å². The molecule has 0 fully saturated rings. The smallest absolute Gasteiger partial charge is 0.333 e. The van der Waals surface area contributed by atoms with E-state index in [1.807, 2.05) is 73.7 Å². The van der Waals surface area contributed by atoms with E-state index < -0.39 is 12.0 Å². The first kappa shape index (κ1) is 20.3. The van der Waals surface area contributed by atoms with Crippen molar-refractivity contribution in [1.29, 1.82) is 0 Å². The molecule has 154 valence electrons. The van der Waals surface area contributed by atoms with Gasteiger partial charge in [0.15, 0.2) is 6.04 Å². The number of para-hydroxylation sites is 1. The molecule has 3 aromatic carbocycles. The van der Waals surface area contributed by atoms with Crippen LogP contribution in [-0.4, -0.2) is 24.0 Å². The van der Waals surface area contributed by atoms with Crippen molar-refractivity contribution < 1.29 is 14.3 Å². The number of aryl methyl sites for hydroxylation is 1. The van der Waals surface area contributed by atoms with Crippen LogP contribution in [0.4, 0.5) is 0 Å². The topological polar surface area (TPSA) is 68.3 Å². The van der Waals surface area contributed by atoms with Crippen LogP contribution in [0.15, 0.2) is 84.9 Å². The molecule has 0 bridgehead atoms. The van der Waals surface area contributed by atoms with Crippen LogP contribution in [-0.2, 0) is 9.53 Å². The van der Waals surface area contributed by atoms with Gasteiger partial charge in [0.1, 0.15) is 0 Å². The number of carbonyl (C=O) groups is 2. The van der Waals surface area contributed by atoms with Crippen molar-refractivity contribution in [1.82, 2.24) is 10.3 Å². The molecule has 0 aliphatic rings. The zero-order chi connectivity index (χ0) is 21.8. The van der Waals surface area contributed by atoms with Crippen molar-refractivity contribution in [2.45, 2.75) is 13.0 Å². The molecule has 0 aliphatic carbocycles. The minimum Gasteiger partial charge on any atom is -0.467 e. The van der Waals surface area contributed by atoms with E-state index >= 15 is 0 Å². The van der Waals surface area contributed by atoms with Gasteiger partial charge in [-0.25, -0.2) is 9.78 Å². The van der Waals surface area contributed by atoms with E-state index in [2.05, 4.69) is 5.32 Å². The molecule has 0 aliphatic heterocycles. The van der Waals surface area contributed by atoms with Gasteiger partial charge in [-0.05, 0) is 24.6 Å². The zero-order valence-corrected chi connectivity index (χ0v) is 17.3. The van der Waals surface area contributed by atoms with Gasteiger partial charge in [-0.15, -0.1) is 0 Å². The maximum atomic E-state index is 13.4. The largest absolute Gasteiger partial charge is 0.467 e. The summed E-state index contributed by atoms with van der Waals surface area (Å²) in [6.45, 7) is 2.02. The Labute approximate surface area is 180 Å². The molecule has 1 aromatic heterocycles. The van der Waals surface area contributed by atoms with E-state index in [0.717, 1.165) is 11.1 Å². The monoisotopic (exact) mass is 410 g/mol. The molecule has 1 atom stereocenters. The number of fused-ring (bicyclic) bond motifs is 1. The second-order valence-electron chi connectivity index (χ2n) is 7.28. The third kappa shape index (κ3) is 4.31. The number of aromatic nitrogens is 1. The van der Waals surface area contributed by atoms with Gasteiger partial charge in [-0.3, -0.25) is 4.79 Å². The molecule has 1 N–H and O–H groups in total. The fourth-order valence-electron chi connectivity index (χ4n) is 3.49. The van der Waals surface area contributed by atoms with Crippen LogP contribution in [0, 0.1) is 6.92 Å². The number of nitrogens with zero attached hydrogens (tertiary/aromatic N) is 1. The van der Waals surface area contributed by atoms with Crippen LogP contribution in [0.25, 0.3) is 22.2 Å². The van der Waals surface area contributed by atoms with Crippen LogP contribution in [0.1, 0.15) is 27.5 Å². The van der Waals surface area contributed by atoms with Gasteiger partial charge in [0.2, 0.25) is 0 Å². The molecule has 5 heteroatoms. The number of nitrogens with one attached hydrogen (secondary N) is 1. The second kappa shape index (κ2) is 8.79. The van der Waals surface area contributed by atoms with Crippen LogP contribution in [0.5, 0.6) is 0 Å². The van der Waals surface area contributed by atoms with Gasteiger partial charge in [-0.1, -0.05) is 78.4 Å². The molecule has 0 saturated carbocycles. The lowest BCUT2D eigenvalue weighted by atomic mass is 10.0. The first-order chi connectivity index (χ1) is 15.1. The number of hydrogen-bond donors (Lipinski definition) is 1. The number of methoxy groups -OCH3 is 1. The Balaban J connectivity index is 1.77. The second-order valence-corrected chi connectivity index (χ2v) is 7.28. The zero-order valence-electron chi connectivity index (χ0n) is 17.3. The Bertz CT molecular complexity index is 1230. The fraction of sp³-hybridized carbons (Fsp3) is 0.115. The van der Waals surface area contributed by atoms with Crippen LogP contribution >= 0.6 is 0 Å². The Kier molecular flexibility index (Phi) is 5.76. The average molecular weight is 410 g/mol. The summed E-state index contributed by atoms with van der Waals surface area (Å²) >= 11 is 0. The maximum Gasteiger partial charge on any atom is 0.333 e. The summed E-state index contributed by atoms with van der Waals surface area (Å²) in [5.41, 5.74) is 4.56. The SMILES string of the molecule is COC(=O)[C@H](NC(=O)c1cc(-c2ccc(C)cc2)nc2ccccc12)c1ccccc1. The minimum atomic E-state index is -0.909. The molecule has 0 unspecified atom stereocenters. The van der Waals surface area contributed by atoms with E-state index in [-0.39, 0.29) is 5.91 Å². The van der Waals surface area contributed by atoms with Gasteiger partial charge in [0, 0.05) is 10.9 Å². The number of esters is 1. The number of ether oxygens (including phenoxy) is 1. The normalized spacial score (nSPS) is 11.7. The van der Waals surface area contributed by atoms with Gasteiger partial charge < -0.3 is 10.1 Å². The summed E-state index contributed by atoms with van der Waals surface area (Å²) in [7, 11) is 1.31. The van der Waals surface area contributed by atoms with E-state index in [9.17, 15) is 9.59 Å². The fourth-order valence-corrected chi connectivity index (χ4v) is 3.49. The van der Waals surface area contributed by atoms with Gasteiger partial charge in [0.05, 0.1) is 23.9 Å². The van der Waals surface area contributed by atoms with E-state index in [1.165, 1.54) is 7.11 Å². The van der Waals surface area contributed by atoms with Crippen molar-refractivity contribution >= 4 is 22.8 Å². The molecule has 0 spiro atoms. The van der Waals surface area contributed by atoms with E-state index in [0.29, 0.717) is 27.7 Å². The predicted octanol–water partition coefficient (Wildman–Crippen LogP) is 4.85. The summed E-state index contributed by atoms with van der Waals surface area (Å²) in [5.74, 6) is -0.900.